The first-order valence-corrected chi connectivity index (χ1v) is 5.19. The lowest BCUT2D eigenvalue weighted by Gasteiger charge is -1.98. The molecule has 0 radical (unpaired) electrons. The van der Waals surface area contributed by atoms with E-state index in [1.165, 1.54) is 37.6 Å². The summed E-state index contributed by atoms with van der Waals surface area (Å²) in [6.07, 6.45) is 1.37. The second-order valence-corrected chi connectivity index (χ2v) is 3.63. The lowest BCUT2D eigenvalue weighted by molar-refractivity contribution is 0.0601. The number of benzene rings is 1. The minimum Gasteiger partial charge on any atom is -0.465 e. The number of halogens is 1. The average Bonchev–Trinajstić information content (AvgIpc) is 2.86. The monoisotopic (exact) mass is 247 g/mol. The number of ketones is 1. The Labute approximate surface area is 102 Å². The molecule has 1 aromatic carbocycles. The van der Waals surface area contributed by atoms with Crippen LogP contribution < -0.4 is 0 Å². The predicted octanol–water partition coefficient (Wildman–Crippen LogP) is 2.17. The molecule has 2 rings (SSSR count). The topological polar surface area (TPSA) is 59.2 Å². The molecular weight excluding hydrogens is 237 g/mol. The van der Waals surface area contributed by atoms with Gasteiger partial charge in [-0.25, -0.2) is 9.18 Å². The average molecular weight is 247 g/mol. The normalized spacial score (nSPS) is 10.1. The Balaban J connectivity index is 2.29. The maximum Gasteiger partial charge on any atom is 0.339 e. The molecule has 0 spiro atoms. The van der Waals surface area contributed by atoms with E-state index in [1.807, 2.05) is 0 Å². The third kappa shape index (κ3) is 2.29. The smallest absolute Gasteiger partial charge is 0.339 e. The lowest BCUT2D eigenvalue weighted by Crippen LogP contribution is -2.02. The highest BCUT2D eigenvalue weighted by Crippen LogP contribution is 2.12. The number of methoxy groups -OCH3 is 1. The van der Waals surface area contributed by atoms with Gasteiger partial charge >= 0.3 is 5.97 Å². The quantitative estimate of drug-likeness (QED) is 0.668. The molecule has 2 aromatic rings. The Hall–Kier alpha value is -2.43. The summed E-state index contributed by atoms with van der Waals surface area (Å²) in [4.78, 5) is 25.9. The number of H-pyrrole nitrogens is 1. The van der Waals surface area contributed by atoms with Crippen LogP contribution in [0.15, 0.2) is 36.5 Å². The van der Waals surface area contributed by atoms with Gasteiger partial charge in [-0.1, -0.05) is 12.1 Å². The molecule has 0 bridgehead atoms. The zero-order valence-corrected chi connectivity index (χ0v) is 9.57. The Morgan fingerprint density at radius 1 is 1.22 bits per heavy atom. The van der Waals surface area contributed by atoms with Crippen molar-refractivity contribution in [3.05, 3.63) is 59.2 Å². The lowest BCUT2D eigenvalue weighted by atomic mass is 10.1. The predicted molar refractivity (Wildman–Crippen MR) is 62.0 cm³/mol. The summed E-state index contributed by atoms with van der Waals surface area (Å²) in [6.45, 7) is 0. The van der Waals surface area contributed by atoms with E-state index >= 15 is 0 Å². The van der Waals surface area contributed by atoms with E-state index in [-0.39, 0.29) is 22.6 Å². The molecule has 0 aliphatic heterocycles. The van der Waals surface area contributed by atoms with Crippen molar-refractivity contribution in [3.8, 4) is 0 Å². The summed E-state index contributed by atoms with van der Waals surface area (Å²) < 4.78 is 17.5. The van der Waals surface area contributed by atoms with Crippen LogP contribution in [0, 0.1) is 5.82 Å². The third-order valence-corrected chi connectivity index (χ3v) is 2.44. The third-order valence-electron chi connectivity index (χ3n) is 2.44. The molecule has 18 heavy (non-hydrogen) atoms. The van der Waals surface area contributed by atoms with Gasteiger partial charge in [0.25, 0.3) is 0 Å². The zero-order valence-electron chi connectivity index (χ0n) is 9.57. The largest absolute Gasteiger partial charge is 0.465 e. The van der Waals surface area contributed by atoms with Gasteiger partial charge < -0.3 is 9.72 Å². The summed E-state index contributed by atoms with van der Waals surface area (Å²) in [5, 5.41) is 0. The highest BCUT2D eigenvalue weighted by molar-refractivity contribution is 6.08. The second kappa shape index (κ2) is 4.83. The standard InChI is InChI=1S/C13H10FNO3/c1-18-13(17)9-6-11(15-7-9)12(16)8-3-2-4-10(14)5-8/h2-7,15H,1H3. The van der Waals surface area contributed by atoms with Crippen molar-refractivity contribution in [3.63, 3.8) is 0 Å². The van der Waals surface area contributed by atoms with Crippen LogP contribution in [0.2, 0.25) is 0 Å². The van der Waals surface area contributed by atoms with Crippen LogP contribution >= 0.6 is 0 Å². The SMILES string of the molecule is COC(=O)c1c[nH]c(C(=O)c2cccc(F)c2)c1. The van der Waals surface area contributed by atoms with Crippen LogP contribution in [0.3, 0.4) is 0 Å². The number of carbonyl (C=O) groups excluding carboxylic acids is 2. The molecular formula is C13H10FNO3. The van der Waals surface area contributed by atoms with E-state index in [2.05, 4.69) is 9.72 Å². The van der Waals surface area contributed by atoms with Gasteiger partial charge in [0.2, 0.25) is 5.78 Å². The molecule has 4 nitrogen and oxygen atoms in total. The summed E-state index contributed by atoms with van der Waals surface area (Å²) in [5.41, 5.74) is 0.673. The van der Waals surface area contributed by atoms with Crippen LogP contribution in [0.4, 0.5) is 4.39 Å². The molecule has 1 aromatic heterocycles. The zero-order chi connectivity index (χ0) is 13.1. The van der Waals surface area contributed by atoms with E-state index in [0.717, 1.165) is 6.07 Å². The van der Waals surface area contributed by atoms with Gasteiger partial charge in [-0.05, 0) is 18.2 Å². The van der Waals surface area contributed by atoms with Crippen molar-refractivity contribution < 1.29 is 18.7 Å². The molecule has 1 N–H and O–H groups in total. The summed E-state index contributed by atoms with van der Waals surface area (Å²) in [6, 6.07) is 6.72. The van der Waals surface area contributed by atoms with Gasteiger partial charge in [-0.15, -0.1) is 0 Å². The van der Waals surface area contributed by atoms with Crippen molar-refractivity contribution in [1.82, 2.24) is 4.98 Å². The molecule has 5 heteroatoms. The van der Waals surface area contributed by atoms with Crippen LogP contribution in [0.5, 0.6) is 0 Å². The molecule has 0 atom stereocenters. The van der Waals surface area contributed by atoms with Crippen molar-refractivity contribution in [2.24, 2.45) is 0 Å². The fourth-order valence-corrected chi connectivity index (χ4v) is 1.55. The number of carbonyl (C=O) groups is 2. The Morgan fingerprint density at radius 3 is 2.67 bits per heavy atom. The molecule has 0 saturated heterocycles. The fourth-order valence-electron chi connectivity index (χ4n) is 1.55. The highest BCUT2D eigenvalue weighted by atomic mass is 19.1. The number of aromatic nitrogens is 1. The Bertz CT molecular complexity index is 604. The first kappa shape index (κ1) is 12.0. The molecule has 0 saturated carbocycles. The number of aromatic amines is 1. The minimum atomic E-state index is -0.537. The van der Waals surface area contributed by atoms with E-state index in [9.17, 15) is 14.0 Å². The van der Waals surface area contributed by atoms with Gasteiger partial charge in [-0.3, -0.25) is 4.79 Å². The molecule has 0 unspecified atom stereocenters. The first-order chi connectivity index (χ1) is 8.61. The molecule has 92 valence electrons. The van der Waals surface area contributed by atoms with Gasteiger partial charge in [0, 0.05) is 11.8 Å². The van der Waals surface area contributed by atoms with Gasteiger partial charge in [0.15, 0.2) is 0 Å². The van der Waals surface area contributed by atoms with E-state index in [4.69, 9.17) is 0 Å². The van der Waals surface area contributed by atoms with Crippen molar-refractivity contribution >= 4 is 11.8 Å². The van der Waals surface area contributed by atoms with E-state index in [0.29, 0.717) is 0 Å². The summed E-state index contributed by atoms with van der Waals surface area (Å²) >= 11 is 0. The molecule has 0 aliphatic carbocycles. The minimum absolute atomic E-state index is 0.209. The maximum atomic E-state index is 13.0. The maximum absolute atomic E-state index is 13.0. The van der Waals surface area contributed by atoms with Gasteiger partial charge in [0.1, 0.15) is 5.82 Å². The van der Waals surface area contributed by atoms with E-state index < -0.39 is 11.8 Å². The number of hydrogen-bond donors (Lipinski definition) is 1. The van der Waals surface area contributed by atoms with Crippen LogP contribution in [0.1, 0.15) is 26.4 Å². The van der Waals surface area contributed by atoms with Gasteiger partial charge in [-0.2, -0.15) is 0 Å². The number of ether oxygens (including phenoxy) is 1. The second-order valence-electron chi connectivity index (χ2n) is 3.63. The molecule has 1 heterocycles. The Kier molecular flexibility index (Phi) is 3.23. The van der Waals surface area contributed by atoms with Crippen molar-refractivity contribution in [2.45, 2.75) is 0 Å². The van der Waals surface area contributed by atoms with Crippen molar-refractivity contribution in [1.29, 1.82) is 0 Å². The summed E-state index contributed by atoms with van der Waals surface area (Å²) in [5.74, 6) is -1.41. The number of esters is 1. The van der Waals surface area contributed by atoms with Gasteiger partial charge in [0.05, 0.1) is 18.4 Å². The summed E-state index contributed by atoms with van der Waals surface area (Å²) in [7, 11) is 1.25. The molecule has 0 amide bonds. The molecule has 0 aliphatic rings. The molecule has 0 fully saturated rings. The van der Waals surface area contributed by atoms with E-state index in [1.54, 1.807) is 0 Å². The van der Waals surface area contributed by atoms with Crippen LogP contribution in [-0.2, 0) is 4.74 Å². The van der Waals surface area contributed by atoms with Crippen molar-refractivity contribution in [2.75, 3.05) is 7.11 Å². The Morgan fingerprint density at radius 2 is 2.00 bits per heavy atom. The first-order valence-electron chi connectivity index (χ1n) is 5.19. The number of rotatable bonds is 3. The number of hydrogen-bond acceptors (Lipinski definition) is 3. The fraction of sp³-hybridized carbons (Fsp3) is 0.0769. The highest BCUT2D eigenvalue weighted by Gasteiger charge is 2.15. The van der Waals surface area contributed by atoms with Crippen LogP contribution in [-0.4, -0.2) is 23.8 Å². The number of nitrogens with one attached hydrogen (secondary N) is 1. The van der Waals surface area contributed by atoms with Crippen LogP contribution in [0.25, 0.3) is 0 Å².